The van der Waals surface area contributed by atoms with E-state index in [2.05, 4.69) is 39.3 Å². The Labute approximate surface area is 108 Å². The van der Waals surface area contributed by atoms with Crippen molar-refractivity contribution in [3.8, 4) is 0 Å². The molecule has 2 unspecified atom stereocenters. The first-order chi connectivity index (χ1) is 8.72. The molecule has 1 aliphatic rings. The number of hydrogen-bond donors (Lipinski definition) is 2. The van der Waals surface area contributed by atoms with Crippen LogP contribution in [0.5, 0.6) is 0 Å². The van der Waals surface area contributed by atoms with Crippen LogP contribution in [0, 0.1) is 0 Å². The summed E-state index contributed by atoms with van der Waals surface area (Å²) in [7, 11) is 4.29. The normalized spacial score (nSPS) is 24.7. The first-order valence-corrected chi connectivity index (χ1v) is 6.33. The van der Waals surface area contributed by atoms with Crippen molar-refractivity contribution in [1.29, 1.82) is 0 Å². The summed E-state index contributed by atoms with van der Waals surface area (Å²) in [5.41, 5.74) is 3.79. The molecule has 1 fully saturated rings. The highest BCUT2D eigenvalue weighted by molar-refractivity contribution is 5.07. The van der Waals surface area contributed by atoms with Gasteiger partial charge in [-0.1, -0.05) is 0 Å². The maximum Gasteiger partial charge on any atom is 0.0815 e. The number of hydrazine groups is 1. The second-order valence-electron chi connectivity index (χ2n) is 4.94. The van der Waals surface area contributed by atoms with E-state index in [1.165, 1.54) is 6.42 Å². The summed E-state index contributed by atoms with van der Waals surface area (Å²) in [6.45, 7) is 3.17. The summed E-state index contributed by atoms with van der Waals surface area (Å²) in [6.07, 6.45) is 6.35. The van der Waals surface area contributed by atoms with Crippen molar-refractivity contribution in [1.82, 2.24) is 25.2 Å². The summed E-state index contributed by atoms with van der Waals surface area (Å²) in [5, 5.41) is 0. The first kappa shape index (κ1) is 13.4. The van der Waals surface area contributed by atoms with Gasteiger partial charge >= 0.3 is 0 Å². The van der Waals surface area contributed by atoms with Gasteiger partial charge in [-0.3, -0.25) is 15.8 Å². The molecule has 0 saturated carbocycles. The summed E-state index contributed by atoms with van der Waals surface area (Å²) in [4.78, 5) is 13.2. The Hall–Kier alpha value is -1.08. The van der Waals surface area contributed by atoms with Crippen molar-refractivity contribution >= 4 is 0 Å². The zero-order valence-electron chi connectivity index (χ0n) is 11.1. The van der Waals surface area contributed by atoms with Gasteiger partial charge in [-0.05, 0) is 33.6 Å². The molecule has 18 heavy (non-hydrogen) atoms. The Morgan fingerprint density at radius 1 is 1.39 bits per heavy atom. The molecule has 1 saturated heterocycles. The lowest BCUT2D eigenvalue weighted by atomic mass is 10.0. The standard InChI is InChI=1S/C12H22N6/c1-17-6-3-7-18(2)11(9-17)12(16-13)10-8-14-4-5-15-10/h4-5,8,11-12,16H,3,6-7,9,13H2,1-2H3. The van der Waals surface area contributed by atoms with Gasteiger partial charge in [0.25, 0.3) is 0 Å². The second kappa shape index (κ2) is 6.19. The highest BCUT2D eigenvalue weighted by Gasteiger charge is 2.29. The number of nitrogens with one attached hydrogen (secondary N) is 1. The molecular weight excluding hydrogens is 228 g/mol. The van der Waals surface area contributed by atoms with Gasteiger partial charge in [-0.15, -0.1) is 0 Å². The summed E-state index contributed by atoms with van der Waals surface area (Å²) < 4.78 is 0. The van der Waals surface area contributed by atoms with Crippen LogP contribution in [0.4, 0.5) is 0 Å². The van der Waals surface area contributed by atoms with Crippen molar-refractivity contribution in [2.24, 2.45) is 5.84 Å². The van der Waals surface area contributed by atoms with E-state index < -0.39 is 0 Å². The Morgan fingerprint density at radius 3 is 2.89 bits per heavy atom. The van der Waals surface area contributed by atoms with Gasteiger partial charge in [0.1, 0.15) is 0 Å². The fourth-order valence-electron chi connectivity index (χ4n) is 2.53. The van der Waals surface area contributed by atoms with Gasteiger partial charge in [0.15, 0.2) is 0 Å². The molecule has 100 valence electrons. The SMILES string of the molecule is CN1CCCN(C)C(C(NN)c2cnccn2)C1. The third kappa shape index (κ3) is 3.02. The molecule has 0 aliphatic carbocycles. The molecule has 2 atom stereocenters. The molecule has 6 nitrogen and oxygen atoms in total. The van der Waals surface area contributed by atoms with Gasteiger partial charge in [-0.25, -0.2) is 5.43 Å². The molecule has 0 bridgehead atoms. The van der Waals surface area contributed by atoms with Crippen LogP contribution in [0.3, 0.4) is 0 Å². The van der Waals surface area contributed by atoms with Crippen molar-refractivity contribution in [2.75, 3.05) is 33.7 Å². The Morgan fingerprint density at radius 2 is 2.22 bits per heavy atom. The molecule has 1 aromatic rings. The van der Waals surface area contributed by atoms with Gasteiger partial charge in [0, 0.05) is 25.0 Å². The average molecular weight is 250 g/mol. The van der Waals surface area contributed by atoms with Crippen molar-refractivity contribution in [3.63, 3.8) is 0 Å². The number of hydrogen-bond acceptors (Lipinski definition) is 6. The van der Waals surface area contributed by atoms with Gasteiger partial charge < -0.3 is 9.80 Å². The number of nitrogens with zero attached hydrogens (tertiary/aromatic N) is 4. The number of likely N-dealkylation sites (N-methyl/N-ethyl adjacent to an activating group) is 2. The van der Waals surface area contributed by atoms with Crippen LogP contribution in [0.2, 0.25) is 0 Å². The van der Waals surface area contributed by atoms with Gasteiger partial charge in [0.05, 0.1) is 17.9 Å². The average Bonchev–Trinajstić information content (AvgIpc) is 2.54. The van der Waals surface area contributed by atoms with E-state index >= 15 is 0 Å². The molecular formula is C12H22N6. The molecule has 1 aliphatic heterocycles. The smallest absolute Gasteiger partial charge is 0.0815 e. The third-order valence-electron chi connectivity index (χ3n) is 3.58. The summed E-state index contributed by atoms with van der Waals surface area (Å²) in [6, 6.07) is 0.309. The van der Waals surface area contributed by atoms with Crippen molar-refractivity contribution in [2.45, 2.75) is 18.5 Å². The van der Waals surface area contributed by atoms with Crippen LogP contribution >= 0.6 is 0 Å². The van der Waals surface area contributed by atoms with E-state index in [0.29, 0.717) is 6.04 Å². The Balaban J connectivity index is 2.19. The maximum absolute atomic E-state index is 5.73. The van der Waals surface area contributed by atoms with Gasteiger partial charge in [0.2, 0.25) is 0 Å². The monoisotopic (exact) mass is 250 g/mol. The lowest BCUT2D eigenvalue weighted by Gasteiger charge is -2.33. The largest absolute Gasteiger partial charge is 0.305 e. The third-order valence-corrected chi connectivity index (χ3v) is 3.58. The molecule has 0 radical (unpaired) electrons. The van der Waals surface area contributed by atoms with E-state index in [1.807, 2.05) is 0 Å². The lowest BCUT2D eigenvalue weighted by Crippen LogP contribution is -2.49. The van der Waals surface area contributed by atoms with Crippen LogP contribution in [0.15, 0.2) is 18.6 Å². The summed E-state index contributed by atoms with van der Waals surface area (Å²) in [5.74, 6) is 5.73. The molecule has 6 heteroatoms. The van der Waals surface area contributed by atoms with E-state index in [4.69, 9.17) is 5.84 Å². The minimum atomic E-state index is 0.00394. The molecule has 0 spiro atoms. The first-order valence-electron chi connectivity index (χ1n) is 6.33. The molecule has 2 rings (SSSR count). The minimum absolute atomic E-state index is 0.00394. The minimum Gasteiger partial charge on any atom is -0.305 e. The number of aromatic nitrogens is 2. The Bertz CT molecular complexity index is 357. The lowest BCUT2D eigenvalue weighted by molar-refractivity contribution is 0.176. The molecule has 3 N–H and O–H groups in total. The quantitative estimate of drug-likeness (QED) is 0.563. The fourth-order valence-corrected chi connectivity index (χ4v) is 2.53. The highest BCUT2D eigenvalue weighted by Crippen LogP contribution is 2.20. The van der Waals surface area contributed by atoms with Gasteiger partial charge in [-0.2, -0.15) is 0 Å². The topological polar surface area (TPSA) is 70.3 Å². The second-order valence-corrected chi connectivity index (χ2v) is 4.94. The highest BCUT2D eigenvalue weighted by atomic mass is 15.3. The van der Waals surface area contributed by atoms with E-state index in [9.17, 15) is 0 Å². The van der Waals surface area contributed by atoms with Crippen LogP contribution in [0.1, 0.15) is 18.2 Å². The number of nitrogens with two attached hydrogens (primary N) is 1. The molecule has 0 aromatic carbocycles. The van der Waals surface area contributed by atoms with Crippen molar-refractivity contribution in [3.05, 3.63) is 24.3 Å². The Kier molecular flexibility index (Phi) is 4.60. The number of rotatable bonds is 3. The zero-order valence-corrected chi connectivity index (χ0v) is 11.1. The fraction of sp³-hybridized carbons (Fsp3) is 0.667. The predicted octanol–water partition coefficient (Wildman–Crippen LogP) is -0.383. The zero-order chi connectivity index (χ0) is 13.0. The summed E-state index contributed by atoms with van der Waals surface area (Å²) >= 11 is 0. The van der Waals surface area contributed by atoms with Crippen molar-refractivity contribution < 1.29 is 0 Å². The van der Waals surface area contributed by atoms with E-state index in [-0.39, 0.29) is 6.04 Å². The predicted molar refractivity (Wildman–Crippen MR) is 70.6 cm³/mol. The van der Waals surface area contributed by atoms with Crippen LogP contribution < -0.4 is 11.3 Å². The molecule has 0 amide bonds. The van der Waals surface area contributed by atoms with Crippen LogP contribution in [-0.2, 0) is 0 Å². The maximum atomic E-state index is 5.73. The van der Waals surface area contributed by atoms with Crippen LogP contribution in [0.25, 0.3) is 0 Å². The molecule has 1 aromatic heterocycles. The van der Waals surface area contributed by atoms with E-state index in [0.717, 1.165) is 25.3 Å². The van der Waals surface area contributed by atoms with Crippen LogP contribution in [-0.4, -0.2) is 59.5 Å². The molecule has 2 heterocycles. The van der Waals surface area contributed by atoms with E-state index in [1.54, 1.807) is 18.6 Å².